The van der Waals surface area contributed by atoms with Gasteiger partial charge >= 0.3 is 0 Å². The van der Waals surface area contributed by atoms with Gasteiger partial charge in [0.05, 0.1) is 12.0 Å². The Bertz CT molecular complexity index is 266. The first-order valence-corrected chi connectivity index (χ1v) is 4.54. The lowest BCUT2D eigenvalue weighted by atomic mass is 10.2. The first kappa shape index (κ1) is 7.80. The second kappa shape index (κ2) is 2.90. The lowest BCUT2D eigenvalue weighted by Crippen LogP contribution is -2.40. The third kappa shape index (κ3) is 1.14. The first-order chi connectivity index (χ1) is 5.81. The van der Waals surface area contributed by atoms with Crippen LogP contribution in [0.15, 0.2) is 12.5 Å². The van der Waals surface area contributed by atoms with E-state index < -0.39 is 0 Å². The van der Waals surface area contributed by atoms with Crippen LogP contribution in [0.1, 0.15) is 19.5 Å². The molecule has 1 aromatic heterocycles. The predicted octanol–water partition coefficient (Wildman–Crippen LogP) is 1.11. The van der Waals surface area contributed by atoms with Crippen LogP contribution in [-0.4, -0.2) is 27.0 Å². The number of hydrogen-bond acceptors (Lipinski definition) is 2. The smallest absolute Gasteiger partial charge is 0.0949 e. The van der Waals surface area contributed by atoms with E-state index in [1.165, 1.54) is 5.69 Å². The summed E-state index contributed by atoms with van der Waals surface area (Å²) < 4.78 is 2.25. The Labute approximate surface area is 73.0 Å². The Morgan fingerprint density at radius 2 is 2.50 bits per heavy atom. The Morgan fingerprint density at radius 1 is 1.67 bits per heavy atom. The van der Waals surface area contributed by atoms with E-state index in [-0.39, 0.29) is 0 Å². The highest BCUT2D eigenvalue weighted by Crippen LogP contribution is 2.15. The minimum absolute atomic E-state index is 0.650. The maximum absolute atomic E-state index is 4.14. The normalized spacial score (nSPS) is 24.0. The van der Waals surface area contributed by atoms with Crippen LogP contribution in [0.3, 0.4) is 0 Å². The number of rotatable bonds is 1. The molecular weight excluding hydrogens is 150 g/mol. The molecule has 1 aliphatic rings. The molecule has 0 aromatic carbocycles. The molecule has 2 rings (SSSR count). The number of hydrogen-bond donors (Lipinski definition) is 0. The third-order valence-electron chi connectivity index (χ3n) is 2.65. The molecule has 1 atom stereocenters. The molecule has 0 fully saturated rings. The van der Waals surface area contributed by atoms with Crippen LogP contribution in [0.4, 0.5) is 0 Å². The second-order valence-electron chi connectivity index (χ2n) is 3.45. The van der Waals surface area contributed by atoms with Gasteiger partial charge in [0.2, 0.25) is 0 Å². The molecule has 0 radical (unpaired) electrons. The number of imidazole rings is 1. The van der Waals surface area contributed by atoms with Crippen molar-refractivity contribution in [3.05, 3.63) is 18.2 Å². The van der Waals surface area contributed by atoms with E-state index in [9.17, 15) is 0 Å². The average molecular weight is 165 g/mol. The highest BCUT2D eigenvalue weighted by Gasteiger charge is 2.20. The van der Waals surface area contributed by atoms with Crippen LogP contribution in [0.25, 0.3) is 0 Å². The van der Waals surface area contributed by atoms with Crippen LogP contribution in [0, 0.1) is 0 Å². The van der Waals surface area contributed by atoms with E-state index in [2.05, 4.69) is 28.3 Å². The van der Waals surface area contributed by atoms with E-state index in [1.54, 1.807) is 0 Å². The van der Waals surface area contributed by atoms with Gasteiger partial charge in [-0.25, -0.2) is 4.98 Å². The minimum atomic E-state index is 0.650. The molecule has 0 amide bonds. The van der Waals surface area contributed by atoms with Gasteiger partial charge in [-0.15, -0.1) is 0 Å². The van der Waals surface area contributed by atoms with E-state index in [0.29, 0.717) is 6.04 Å². The third-order valence-corrected chi connectivity index (χ3v) is 2.65. The summed E-state index contributed by atoms with van der Waals surface area (Å²) in [4.78, 5) is 6.61. The second-order valence-corrected chi connectivity index (χ2v) is 3.45. The van der Waals surface area contributed by atoms with Crippen molar-refractivity contribution < 1.29 is 0 Å². The standard InChI is InChI=1S/C9H15N3/c1-3-11-6-9-4-10-7-12(9)5-8(11)2/h4,7-8H,3,5-6H2,1-2H3. The summed E-state index contributed by atoms with van der Waals surface area (Å²) in [7, 11) is 0. The minimum Gasteiger partial charge on any atom is -0.332 e. The van der Waals surface area contributed by atoms with Crippen molar-refractivity contribution in [2.24, 2.45) is 0 Å². The van der Waals surface area contributed by atoms with Crippen LogP contribution in [0.5, 0.6) is 0 Å². The zero-order valence-corrected chi connectivity index (χ0v) is 7.70. The van der Waals surface area contributed by atoms with Crippen molar-refractivity contribution in [2.75, 3.05) is 6.54 Å². The van der Waals surface area contributed by atoms with Crippen LogP contribution < -0.4 is 0 Å². The molecule has 1 aliphatic heterocycles. The van der Waals surface area contributed by atoms with Gasteiger partial charge in [-0.2, -0.15) is 0 Å². The Balaban J connectivity index is 2.23. The molecule has 0 N–H and O–H groups in total. The Hall–Kier alpha value is -0.830. The monoisotopic (exact) mass is 165 g/mol. The predicted molar refractivity (Wildman–Crippen MR) is 47.8 cm³/mol. The summed E-state index contributed by atoms with van der Waals surface area (Å²) >= 11 is 0. The molecule has 0 spiro atoms. The molecule has 0 bridgehead atoms. The zero-order chi connectivity index (χ0) is 8.55. The van der Waals surface area contributed by atoms with Crippen molar-refractivity contribution >= 4 is 0 Å². The highest BCUT2D eigenvalue weighted by atomic mass is 15.2. The number of fused-ring (bicyclic) bond motifs is 1. The fraction of sp³-hybridized carbons (Fsp3) is 0.667. The van der Waals surface area contributed by atoms with Gasteiger partial charge in [-0.3, -0.25) is 4.90 Å². The molecule has 66 valence electrons. The first-order valence-electron chi connectivity index (χ1n) is 4.54. The Kier molecular flexibility index (Phi) is 1.89. The van der Waals surface area contributed by atoms with Crippen molar-refractivity contribution in [1.82, 2.24) is 14.5 Å². The van der Waals surface area contributed by atoms with Crippen LogP contribution >= 0.6 is 0 Å². The lowest BCUT2D eigenvalue weighted by Gasteiger charge is -2.33. The molecular formula is C9H15N3. The summed E-state index contributed by atoms with van der Waals surface area (Å²) in [6.07, 6.45) is 3.90. The van der Waals surface area contributed by atoms with Gasteiger partial charge in [-0.05, 0) is 13.5 Å². The summed E-state index contributed by atoms with van der Waals surface area (Å²) in [6, 6.07) is 0.650. The van der Waals surface area contributed by atoms with Crippen molar-refractivity contribution in [1.29, 1.82) is 0 Å². The molecule has 12 heavy (non-hydrogen) atoms. The molecule has 0 saturated heterocycles. The maximum atomic E-state index is 4.14. The summed E-state index contributed by atoms with van der Waals surface area (Å²) in [5, 5.41) is 0. The fourth-order valence-electron chi connectivity index (χ4n) is 1.83. The average Bonchev–Trinajstić information content (AvgIpc) is 2.49. The number of aromatic nitrogens is 2. The van der Waals surface area contributed by atoms with Gasteiger partial charge in [0.25, 0.3) is 0 Å². The lowest BCUT2D eigenvalue weighted by molar-refractivity contribution is 0.161. The van der Waals surface area contributed by atoms with Gasteiger partial charge in [-0.1, -0.05) is 6.92 Å². The SMILES string of the molecule is CCN1Cc2cncn2CC1C. The van der Waals surface area contributed by atoms with Gasteiger partial charge < -0.3 is 4.57 Å². The molecule has 0 aliphatic carbocycles. The number of nitrogens with zero attached hydrogens (tertiary/aromatic N) is 3. The van der Waals surface area contributed by atoms with Gasteiger partial charge in [0.1, 0.15) is 0 Å². The quantitative estimate of drug-likeness (QED) is 0.621. The Morgan fingerprint density at radius 3 is 3.25 bits per heavy atom. The van der Waals surface area contributed by atoms with Gasteiger partial charge in [0.15, 0.2) is 0 Å². The van der Waals surface area contributed by atoms with E-state index in [1.807, 2.05) is 12.5 Å². The van der Waals surface area contributed by atoms with Crippen LogP contribution in [0.2, 0.25) is 0 Å². The van der Waals surface area contributed by atoms with Gasteiger partial charge in [0, 0.05) is 25.3 Å². The molecule has 3 nitrogen and oxygen atoms in total. The highest BCUT2D eigenvalue weighted by molar-refractivity contribution is 5.02. The van der Waals surface area contributed by atoms with Crippen molar-refractivity contribution in [3.63, 3.8) is 0 Å². The summed E-state index contributed by atoms with van der Waals surface area (Å²) in [5.74, 6) is 0. The van der Waals surface area contributed by atoms with Crippen LogP contribution in [-0.2, 0) is 13.1 Å². The van der Waals surface area contributed by atoms with Crippen molar-refractivity contribution in [2.45, 2.75) is 33.0 Å². The van der Waals surface area contributed by atoms with E-state index in [4.69, 9.17) is 0 Å². The summed E-state index contributed by atoms with van der Waals surface area (Å²) in [6.45, 7) is 7.75. The molecule has 0 saturated carbocycles. The van der Waals surface area contributed by atoms with Crippen molar-refractivity contribution in [3.8, 4) is 0 Å². The largest absolute Gasteiger partial charge is 0.332 e. The molecule has 2 heterocycles. The topological polar surface area (TPSA) is 21.1 Å². The van der Waals surface area contributed by atoms with E-state index in [0.717, 1.165) is 19.6 Å². The fourth-order valence-corrected chi connectivity index (χ4v) is 1.83. The number of likely N-dealkylation sites (N-methyl/N-ethyl adjacent to an activating group) is 1. The molecule has 3 heteroatoms. The maximum Gasteiger partial charge on any atom is 0.0949 e. The molecule has 1 aromatic rings. The van der Waals surface area contributed by atoms with E-state index >= 15 is 0 Å². The summed E-state index contributed by atoms with van der Waals surface area (Å²) in [5.41, 5.74) is 1.34. The molecule has 1 unspecified atom stereocenters. The zero-order valence-electron chi connectivity index (χ0n) is 7.70.